The minimum absolute atomic E-state index is 0.0856. The van der Waals surface area contributed by atoms with Crippen LogP contribution in [0.15, 0.2) is 0 Å². The number of hydrogen-bond donors (Lipinski definition) is 2. The smallest absolute Gasteiger partial charge is 0.252 e. The number of nitrogens with one attached hydrogen (secondary N) is 2. The summed E-state index contributed by atoms with van der Waals surface area (Å²) < 4.78 is 5.57. The minimum atomic E-state index is -0.603. The molecular weight excluding hydrogens is 266 g/mol. The summed E-state index contributed by atoms with van der Waals surface area (Å²) in [5, 5.41) is 6.44. The monoisotopic (exact) mass is 297 g/mol. The molecule has 21 heavy (non-hydrogen) atoms. The molecule has 0 aromatic carbocycles. The third-order valence-electron chi connectivity index (χ3n) is 5.01. The molecule has 2 heterocycles. The van der Waals surface area contributed by atoms with Crippen molar-refractivity contribution in [1.82, 2.24) is 15.5 Å². The van der Waals surface area contributed by atoms with Crippen LogP contribution in [0.5, 0.6) is 0 Å². The Morgan fingerprint density at radius 2 is 2.00 bits per heavy atom. The van der Waals surface area contributed by atoms with E-state index in [-0.39, 0.29) is 5.91 Å². The molecule has 0 saturated carbocycles. The van der Waals surface area contributed by atoms with Crippen molar-refractivity contribution in [2.45, 2.75) is 44.6 Å². The molecule has 2 fully saturated rings. The van der Waals surface area contributed by atoms with E-state index in [1.807, 2.05) is 0 Å². The first-order valence-corrected chi connectivity index (χ1v) is 8.46. The highest BCUT2D eigenvalue weighted by Gasteiger charge is 2.39. The van der Waals surface area contributed by atoms with E-state index in [1.54, 1.807) is 7.11 Å². The highest BCUT2D eigenvalue weighted by Crippen LogP contribution is 2.23. The third-order valence-corrected chi connectivity index (χ3v) is 5.01. The van der Waals surface area contributed by atoms with Crippen molar-refractivity contribution in [3.63, 3.8) is 0 Å². The van der Waals surface area contributed by atoms with Gasteiger partial charge in [0.15, 0.2) is 0 Å². The topological polar surface area (TPSA) is 53.6 Å². The molecule has 0 unspecified atom stereocenters. The lowest BCUT2D eigenvalue weighted by atomic mass is 9.90. The van der Waals surface area contributed by atoms with Crippen LogP contribution in [0.2, 0.25) is 0 Å². The summed E-state index contributed by atoms with van der Waals surface area (Å²) in [6.07, 6.45) is 5.16. The van der Waals surface area contributed by atoms with E-state index >= 15 is 0 Å². The van der Waals surface area contributed by atoms with Crippen LogP contribution in [-0.2, 0) is 9.53 Å². The van der Waals surface area contributed by atoms with Gasteiger partial charge in [-0.3, -0.25) is 4.79 Å². The standard InChI is InChI=1S/C16H31N3O2/c1-3-10-19-11-4-14(5-12-19)13-18-15(20)16(21-2)6-8-17-9-7-16/h14,17H,3-13H2,1-2H3,(H,18,20). The summed E-state index contributed by atoms with van der Waals surface area (Å²) in [4.78, 5) is 15.0. The van der Waals surface area contributed by atoms with E-state index < -0.39 is 5.60 Å². The van der Waals surface area contributed by atoms with Crippen molar-refractivity contribution in [3.05, 3.63) is 0 Å². The first-order valence-electron chi connectivity index (χ1n) is 8.46. The predicted molar refractivity (Wildman–Crippen MR) is 84.3 cm³/mol. The van der Waals surface area contributed by atoms with Gasteiger partial charge in [0.25, 0.3) is 5.91 Å². The number of piperidine rings is 2. The zero-order valence-electron chi connectivity index (χ0n) is 13.6. The van der Waals surface area contributed by atoms with Crippen molar-refractivity contribution in [1.29, 1.82) is 0 Å². The lowest BCUT2D eigenvalue weighted by Gasteiger charge is -2.36. The molecule has 5 heteroatoms. The number of nitrogens with zero attached hydrogens (tertiary/aromatic N) is 1. The summed E-state index contributed by atoms with van der Waals surface area (Å²) in [6, 6.07) is 0. The van der Waals surface area contributed by atoms with E-state index in [0.29, 0.717) is 5.92 Å². The largest absolute Gasteiger partial charge is 0.368 e. The van der Waals surface area contributed by atoms with Gasteiger partial charge in [0.2, 0.25) is 0 Å². The summed E-state index contributed by atoms with van der Waals surface area (Å²) in [5.74, 6) is 0.708. The highest BCUT2D eigenvalue weighted by atomic mass is 16.5. The second-order valence-corrected chi connectivity index (χ2v) is 6.44. The molecular formula is C16H31N3O2. The molecule has 122 valence electrons. The van der Waals surface area contributed by atoms with Gasteiger partial charge in [-0.05, 0) is 70.7 Å². The van der Waals surface area contributed by atoms with Crippen LogP contribution in [0.3, 0.4) is 0 Å². The summed E-state index contributed by atoms with van der Waals surface area (Å²) in [5.41, 5.74) is -0.603. The molecule has 2 saturated heterocycles. The number of hydrogen-bond acceptors (Lipinski definition) is 4. The van der Waals surface area contributed by atoms with Crippen LogP contribution in [0.4, 0.5) is 0 Å². The van der Waals surface area contributed by atoms with Crippen LogP contribution >= 0.6 is 0 Å². The molecule has 5 nitrogen and oxygen atoms in total. The number of amides is 1. The molecule has 2 aliphatic rings. The Balaban J connectivity index is 1.74. The van der Waals surface area contributed by atoms with E-state index in [0.717, 1.165) is 32.5 Å². The second-order valence-electron chi connectivity index (χ2n) is 6.44. The highest BCUT2D eigenvalue weighted by molar-refractivity contribution is 5.85. The molecule has 0 radical (unpaired) electrons. The van der Waals surface area contributed by atoms with Crippen molar-refractivity contribution in [3.8, 4) is 0 Å². The Labute approximate surface area is 128 Å². The van der Waals surface area contributed by atoms with E-state index in [1.165, 1.54) is 38.9 Å². The number of rotatable bonds is 6. The summed E-state index contributed by atoms with van der Waals surface area (Å²) in [6.45, 7) is 8.31. The molecule has 0 atom stereocenters. The molecule has 2 aliphatic heterocycles. The number of methoxy groups -OCH3 is 1. The Morgan fingerprint density at radius 3 is 2.57 bits per heavy atom. The van der Waals surface area contributed by atoms with Gasteiger partial charge in [0.05, 0.1) is 0 Å². The van der Waals surface area contributed by atoms with Crippen LogP contribution in [0, 0.1) is 5.92 Å². The average molecular weight is 297 g/mol. The van der Waals surface area contributed by atoms with E-state index in [2.05, 4.69) is 22.5 Å². The van der Waals surface area contributed by atoms with Crippen molar-refractivity contribution in [2.75, 3.05) is 46.4 Å². The maximum atomic E-state index is 12.5. The van der Waals surface area contributed by atoms with Gasteiger partial charge in [-0.15, -0.1) is 0 Å². The Morgan fingerprint density at radius 1 is 1.33 bits per heavy atom. The summed E-state index contributed by atoms with van der Waals surface area (Å²) >= 11 is 0. The molecule has 2 rings (SSSR count). The fourth-order valence-corrected chi connectivity index (χ4v) is 3.48. The van der Waals surface area contributed by atoms with Crippen LogP contribution in [0.1, 0.15) is 39.0 Å². The molecule has 0 bridgehead atoms. The lowest BCUT2D eigenvalue weighted by Crippen LogP contribution is -2.55. The fraction of sp³-hybridized carbons (Fsp3) is 0.938. The van der Waals surface area contributed by atoms with Gasteiger partial charge >= 0.3 is 0 Å². The SMILES string of the molecule is CCCN1CCC(CNC(=O)C2(OC)CCNCC2)CC1. The maximum Gasteiger partial charge on any atom is 0.252 e. The fourth-order valence-electron chi connectivity index (χ4n) is 3.48. The molecule has 0 aliphatic carbocycles. The molecule has 0 aromatic heterocycles. The Kier molecular flexibility index (Phi) is 6.45. The van der Waals surface area contributed by atoms with Crippen molar-refractivity contribution < 1.29 is 9.53 Å². The first kappa shape index (κ1) is 16.7. The van der Waals surface area contributed by atoms with Gasteiger partial charge < -0.3 is 20.3 Å². The van der Waals surface area contributed by atoms with Gasteiger partial charge in [0.1, 0.15) is 5.60 Å². The van der Waals surface area contributed by atoms with Crippen LogP contribution < -0.4 is 10.6 Å². The third kappa shape index (κ3) is 4.41. The van der Waals surface area contributed by atoms with Gasteiger partial charge in [0, 0.05) is 13.7 Å². The van der Waals surface area contributed by atoms with E-state index in [4.69, 9.17) is 4.74 Å². The van der Waals surface area contributed by atoms with Crippen LogP contribution in [-0.4, -0.2) is 62.8 Å². The average Bonchev–Trinajstić information content (AvgIpc) is 2.55. The second kappa shape index (κ2) is 8.11. The maximum absolute atomic E-state index is 12.5. The van der Waals surface area contributed by atoms with E-state index in [9.17, 15) is 4.79 Å². The van der Waals surface area contributed by atoms with Gasteiger partial charge in [-0.1, -0.05) is 6.92 Å². The minimum Gasteiger partial charge on any atom is -0.368 e. The lowest BCUT2D eigenvalue weighted by molar-refractivity contribution is -0.147. The first-order chi connectivity index (χ1) is 10.2. The Bertz CT molecular complexity index is 321. The molecule has 2 N–H and O–H groups in total. The normalized spacial score (nSPS) is 23.9. The summed E-state index contributed by atoms with van der Waals surface area (Å²) in [7, 11) is 1.66. The number of carbonyl (C=O) groups excluding carboxylic acids is 1. The quantitative estimate of drug-likeness (QED) is 0.768. The molecule has 1 amide bonds. The number of carbonyl (C=O) groups is 1. The molecule has 0 aromatic rings. The van der Waals surface area contributed by atoms with Crippen molar-refractivity contribution >= 4 is 5.91 Å². The molecule has 0 spiro atoms. The van der Waals surface area contributed by atoms with Crippen molar-refractivity contribution in [2.24, 2.45) is 5.92 Å². The zero-order valence-corrected chi connectivity index (χ0v) is 13.6. The van der Waals surface area contributed by atoms with Gasteiger partial charge in [-0.2, -0.15) is 0 Å². The van der Waals surface area contributed by atoms with Crippen LogP contribution in [0.25, 0.3) is 0 Å². The van der Waals surface area contributed by atoms with Gasteiger partial charge in [-0.25, -0.2) is 0 Å². The number of likely N-dealkylation sites (tertiary alicyclic amines) is 1. The zero-order chi connectivity index (χ0) is 15.1. The number of ether oxygens (including phenoxy) is 1. The Hall–Kier alpha value is -0.650. The predicted octanol–water partition coefficient (Wildman–Crippen LogP) is 0.993.